The molecule has 1 atom stereocenters. The van der Waals surface area contributed by atoms with Crippen molar-refractivity contribution in [2.75, 3.05) is 0 Å². The fourth-order valence-electron chi connectivity index (χ4n) is 0.844. The Kier molecular flexibility index (Phi) is 4.23. The van der Waals surface area contributed by atoms with Gasteiger partial charge in [0, 0.05) is 5.56 Å². The van der Waals surface area contributed by atoms with Gasteiger partial charge in [-0.3, -0.25) is 0 Å². The summed E-state index contributed by atoms with van der Waals surface area (Å²) in [5.41, 5.74) is 0.00370. The largest absolute Gasteiger partial charge is 0.591 e. The summed E-state index contributed by atoms with van der Waals surface area (Å²) < 4.78 is 40.6. The summed E-state index contributed by atoms with van der Waals surface area (Å²) in [6.07, 6.45) is 1.09. The van der Waals surface area contributed by atoms with Gasteiger partial charge in [-0.25, -0.2) is 8.78 Å². The summed E-state index contributed by atoms with van der Waals surface area (Å²) >= 11 is -1.41. The van der Waals surface area contributed by atoms with E-state index in [4.69, 9.17) is 0 Å². The predicted molar refractivity (Wildman–Crippen MR) is 57.2 cm³/mol. The van der Waals surface area contributed by atoms with Crippen molar-refractivity contribution >= 4 is 17.6 Å². The van der Waals surface area contributed by atoms with Gasteiger partial charge in [0.25, 0.3) is 0 Å². The maximum Gasteiger partial charge on any atom is 0.137 e. The van der Waals surface area contributed by atoms with Gasteiger partial charge in [-0.05, 0) is 32.0 Å². The highest BCUT2D eigenvalue weighted by molar-refractivity contribution is 7.90. The fourth-order valence-corrected chi connectivity index (χ4v) is 1.30. The maximum absolute atomic E-state index is 13.1. The molecule has 0 aliphatic rings. The van der Waals surface area contributed by atoms with Crippen LogP contribution >= 0.6 is 0 Å². The van der Waals surface area contributed by atoms with Crippen molar-refractivity contribution < 1.29 is 13.3 Å². The Balaban J connectivity index is 2.84. The van der Waals surface area contributed by atoms with Crippen molar-refractivity contribution in [2.24, 2.45) is 4.40 Å². The number of hydrogen-bond donors (Lipinski definition) is 0. The molecule has 1 aromatic carbocycles. The van der Waals surface area contributed by atoms with Crippen LogP contribution in [-0.4, -0.2) is 16.0 Å². The average molecular weight is 231 g/mol. The summed E-state index contributed by atoms with van der Waals surface area (Å²) in [4.78, 5) is 0. The Labute approximate surface area is 90.3 Å². The molecule has 1 rings (SSSR count). The third kappa shape index (κ3) is 3.60. The first-order valence-electron chi connectivity index (χ1n) is 4.40. The molecule has 0 radical (unpaired) electrons. The van der Waals surface area contributed by atoms with Crippen LogP contribution in [0.3, 0.4) is 0 Å². The Morgan fingerprint density at radius 3 is 2.67 bits per heavy atom. The Bertz CT molecular complexity index is 368. The standard InChI is InChI=1S/C10H11F2NOS/c1-7(2)15(14)13-6-8-5-9(11)3-4-10(8)12/h3-7H,1-2H3/b13-6+. The van der Waals surface area contributed by atoms with Crippen LogP contribution in [0.15, 0.2) is 22.6 Å². The van der Waals surface area contributed by atoms with E-state index < -0.39 is 23.0 Å². The monoisotopic (exact) mass is 231 g/mol. The predicted octanol–water partition coefficient (Wildman–Crippen LogP) is 2.46. The summed E-state index contributed by atoms with van der Waals surface area (Å²) in [6, 6.07) is 3.04. The Morgan fingerprint density at radius 2 is 2.07 bits per heavy atom. The summed E-state index contributed by atoms with van der Waals surface area (Å²) in [7, 11) is 0. The first-order chi connectivity index (χ1) is 7.00. The molecule has 0 bridgehead atoms. The van der Waals surface area contributed by atoms with Crippen LogP contribution in [-0.2, 0) is 11.4 Å². The third-order valence-corrected chi connectivity index (χ3v) is 2.78. The summed E-state index contributed by atoms with van der Waals surface area (Å²) in [6.45, 7) is 3.46. The van der Waals surface area contributed by atoms with Gasteiger partial charge in [-0.1, -0.05) is 4.40 Å². The van der Waals surface area contributed by atoms with Crippen LogP contribution in [0.2, 0.25) is 0 Å². The lowest BCUT2D eigenvalue weighted by molar-refractivity contribution is 0.588. The highest BCUT2D eigenvalue weighted by Gasteiger charge is 2.10. The molecule has 82 valence electrons. The molecule has 0 saturated carbocycles. The van der Waals surface area contributed by atoms with E-state index in [1.807, 2.05) is 0 Å². The lowest BCUT2D eigenvalue weighted by Crippen LogP contribution is -2.10. The van der Waals surface area contributed by atoms with Crippen molar-refractivity contribution in [1.29, 1.82) is 0 Å². The van der Waals surface area contributed by atoms with Gasteiger partial charge in [0.2, 0.25) is 0 Å². The fraction of sp³-hybridized carbons (Fsp3) is 0.300. The lowest BCUT2D eigenvalue weighted by Gasteiger charge is -2.05. The SMILES string of the molecule is CC(C)[S+]([O-])/N=C/c1cc(F)ccc1F. The second kappa shape index (κ2) is 5.23. The van der Waals surface area contributed by atoms with Crippen molar-refractivity contribution in [3.63, 3.8) is 0 Å². The molecule has 0 N–H and O–H groups in total. The molecule has 0 aliphatic carbocycles. The molecule has 2 nitrogen and oxygen atoms in total. The topological polar surface area (TPSA) is 35.4 Å². The van der Waals surface area contributed by atoms with Gasteiger partial charge in [0.05, 0.1) is 17.6 Å². The van der Waals surface area contributed by atoms with Crippen LogP contribution in [0.1, 0.15) is 19.4 Å². The zero-order valence-electron chi connectivity index (χ0n) is 8.41. The van der Waals surface area contributed by atoms with E-state index in [1.54, 1.807) is 13.8 Å². The molecule has 0 aliphatic heterocycles. The van der Waals surface area contributed by atoms with Crippen molar-refractivity contribution in [1.82, 2.24) is 0 Å². The zero-order chi connectivity index (χ0) is 11.4. The van der Waals surface area contributed by atoms with E-state index in [1.165, 1.54) is 0 Å². The molecular weight excluding hydrogens is 220 g/mol. The maximum atomic E-state index is 13.1. The van der Waals surface area contributed by atoms with Gasteiger partial charge < -0.3 is 4.55 Å². The van der Waals surface area contributed by atoms with Crippen LogP contribution in [0.5, 0.6) is 0 Å². The number of halogens is 2. The van der Waals surface area contributed by atoms with Crippen LogP contribution < -0.4 is 0 Å². The number of hydrogen-bond acceptors (Lipinski definition) is 2. The second-order valence-corrected chi connectivity index (χ2v) is 4.93. The van der Waals surface area contributed by atoms with Gasteiger partial charge in [-0.15, -0.1) is 0 Å². The van der Waals surface area contributed by atoms with E-state index in [-0.39, 0.29) is 10.8 Å². The van der Waals surface area contributed by atoms with Gasteiger partial charge in [-0.2, -0.15) is 0 Å². The minimum atomic E-state index is -1.41. The number of rotatable bonds is 3. The molecule has 1 aromatic rings. The quantitative estimate of drug-likeness (QED) is 0.581. The number of benzene rings is 1. The van der Waals surface area contributed by atoms with Gasteiger partial charge >= 0.3 is 0 Å². The lowest BCUT2D eigenvalue weighted by atomic mass is 10.2. The second-order valence-electron chi connectivity index (χ2n) is 3.23. The molecule has 0 saturated heterocycles. The summed E-state index contributed by atoms with van der Waals surface area (Å²) in [5, 5.41) is -0.141. The molecule has 0 spiro atoms. The van der Waals surface area contributed by atoms with Crippen molar-refractivity contribution in [3.05, 3.63) is 35.4 Å². The van der Waals surface area contributed by atoms with Gasteiger partial charge in [0.15, 0.2) is 0 Å². The molecular formula is C10H11F2NOS. The number of nitrogens with zero attached hydrogens (tertiary/aromatic N) is 1. The first kappa shape index (κ1) is 12.1. The van der Waals surface area contributed by atoms with Crippen LogP contribution in [0.25, 0.3) is 0 Å². The van der Waals surface area contributed by atoms with Crippen molar-refractivity contribution in [3.8, 4) is 0 Å². The minimum absolute atomic E-state index is 0.00370. The molecule has 5 heteroatoms. The Morgan fingerprint density at radius 1 is 1.40 bits per heavy atom. The normalized spacial score (nSPS) is 13.7. The zero-order valence-corrected chi connectivity index (χ0v) is 9.22. The van der Waals surface area contributed by atoms with Gasteiger partial charge in [0.1, 0.15) is 16.9 Å². The van der Waals surface area contributed by atoms with E-state index in [0.29, 0.717) is 0 Å². The van der Waals surface area contributed by atoms with Crippen LogP contribution in [0.4, 0.5) is 8.78 Å². The molecule has 0 aromatic heterocycles. The Hall–Kier alpha value is -0.940. The van der Waals surface area contributed by atoms with E-state index >= 15 is 0 Å². The highest BCUT2D eigenvalue weighted by atomic mass is 32.2. The van der Waals surface area contributed by atoms with E-state index in [2.05, 4.69) is 4.40 Å². The van der Waals surface area contributed by atoms with E-state index in [0.717, 1.165) is 24.4 Å². The summed E-state index contributed by atoms with van der Waals surface area (Å²) in [5.74, 6) is -1.13. The van der Waals surface area contributed by atoms with Crippen LogP contribution in [0, 0.1) is 11.6 Å². The highest BCUT2D eigenvalue weighted by Crippen LogP contribution is 2.09. The molecule has 15 heavy (non-hydrogen) atoms. The van der Waals surface area contributed by atoms with Crippen molar-refractivity contribution in [2.45, 2.75) is 19.1 Å². The molecule has 0 fully saturated rings. The minimum Gasteiger partial charge on any atom is -0.591 e. The molecule has 0 heterocycles. The smallest absolute Gasteiger partial charge is 0.137 e. The average Bonchev–Trinajstić information content (AvgIpc) is 2.18. The molecule has 0 amide bonds. The van der Waals surface area contributed by atoms with E-state index in [9.17, 15) is 13.3 Å². The molecule has 1 unspecified atom stereocenters. The first-order valence-corrected chi connectivity index (χ1v) is 5.57. The third-order valence-electron chi connectivity index (χ3n) is 1.66.